The molecule has 1 heterocycles. The second-order valence-corrected chi connectivity index (χ2v) is 3.72. The molecule has 0 unspecified atom stereocenters. The average molecular weight is 186 g/mol. The summed E-state index contributed by atoms with van der Waals surface area (Å²) in [7, 11) is 2.26. The molecule has 1 aliphatic rings. The topological polar surface area (TPSA) is 18.5 Å². The molecule has 0 aromatic heterocycles. The van der Waals surface area contributed by atoms with Crippen LogP contribution in [-0.2, 0) is 9.47 Å². The smallest absolute Gasteiger partial charge is 0.189 e. The Balaban J connectivity index is 2.42. The Kier molecular flexibility index (Phi) is 3.75. The van der Waals surface area contributed by atoms with Crippen molar-refractivity contribution in [1.29, 1.82) is 0 Å². The van der Waals surface area contributed by atoms with Crippen LogP contribution >= 0.6 is 0 Å². The van der Waals surface area contributed by atoms with Crippen molar-refractivity contribution in [2.45, 2.75) is 13.8 Å². The molecule has 1 rings (SSSR count). The third-order valence-electron chi connectivity index (χ3n) is 2.86. The number of hydrogen-bond acceptors (Lipinski definition) is 2. The summed E-state index contributed by atoms with van der Waals surface area (Å²) < 4.78 is 11.4. The highest BCUT2D eigenvalue weighted by molar-refractivity contribution is 4.95. The zero-order valence-electron chi connectivity index (χ0n) is 8.88. The summed E-state index contributed by atoms with van der Waals surface area (Å²) in [6.07, 6.45) is 2.15. The molecule has 3 nitrogen and oxygen atoms in total. The molecule has 1 saturated heterocycles. The number of rotatable bonds is 4. The Labute approximate surface area is 80.5 Å². The van der Waals surface area contributed by atoms with Crippen molar-refractivity contribution in [2.24, 2.45) is 0 Å². The fourth-order valence-corrected chi connectivity index (χ4v) is 1.22. The van der Waals surface area contributed by atoms with E-state index in [9.17, 15) is 0 Å². The van der Waals surface area contributed by atoms with Gasteiger partial charge in [0.2, 0.25) is 0 Å². The molecular weight excluding hydrogens is 166 g/mol. The van der Waals surface area contributed by atoms with Gasteiger partial charge in [0.15, 0.2) is 6.79 Å². The second kappa shape index (κ2) is 4.63. The van der Waals surface area contributed by atoms with Gasteiger partial charge in [-0.3, -0.25) is 0 Å². The zero-order valence-corrected chi connectivity index (χ0v) is 8.88. The third kappa shape index (κ3) is 3.01. The van der Waals surface area contributed by atoms with Crippen LogP contribution in [0.25, 0.3) is 0 Å². The van der Waals surface area contributed by atoms with Crippen LogP contribution in [0.5, 0.6) is 0 Å². The van der Waals surface area contributed by atoms with Gasteiger partial charge in [0, 0.05) is 6.08 Å². The number of nitrogens with zero attached hydrogens (tertiary/aromatic N) is 1. The first-order chi connectivity index (χ1) is 6.20. The Morgan fingerprint density at radius 2 is 2.08 bits per heavy atom. The fourth-order valence-electron chi connectivity index (χ4n) is 1.22. The van der Waals surface area contributed by atoms with Gasteiger partial charge in [0.05, 0.1) is 20.1 Å². The largest absolute Gasteiger partial charge is 0.470 e. The van der Waals surface area contributed by atoms with Crippen LogP contribution in [-0.4, -0.2) is 44.6 Å². The monoisotopic (exact) mass is 186 g/mol. The minimum absolute atomic E-state index is 0.424. The molecular formula is C10H20NO2+. The van der Waals surface area contributed by atoms with Gasteiger partial charge in [-0.15, -0.1) is 0 Å². The van der Waals surface area contributed by atoms with Crippen molar-refractivity contribution >= 4 is 0 Å². The van der Waals surface area contributed by atoms with Crippen LogP contribution in [0.15, 0.2) is 11.8 Å². The normalized spacial score (nSPS) is 20.7. The van der Waals surface area contributed by atoms with Crippen molar-refractivity contribution in [3.63, 3.8) is 0 Å². The summed E-state index contributed by atoms with van der Waals surface area (Å²) in [6, 6.07) is 0. The summed E-state index contributed by atoms with van der Waals surface area (Å²) in [6.45, 7) is 8.84. The van der Waals surface area contributed by atoms with Crippen LogP contribution in [0.1, 0.15) is 13.8 Å². The third-order valence-corrected chi connectivity index (χ3v) is 2.86. The van der Waals surface area contributed by atoms with Crippen molar-refractivity contribution in [3.8, 4) is 0 Å². The van der Waals surface area contributed by atoms with Gasteiger partial charge in [0.1, 0.15) is 18.9 Å². The lowest BCUT2D eigenvalue weighted by atomic mass is 10.3. The van der Waals surface area contributed by atoms with E-state index < -0.39 is 0 Å². The standard InChI is InChI=1S/C10H20NO2/c1-4-11(3,5-2)7-6-10-8-12-9-13-10/h6H,4-5,7-9H2,1-3H3/q+1/b10-6+. The Morgan fingerprint density at radius 1 is 1.38 bits per heavy atom. The van der Waals surface area contributed by atoms with Crippen LogP contribution in [0.3, 0.4) is 0 Å². The lowest BCUT2D eigenvalue weighted by Crippen LogP contribution is -2.43. The maximum Gasteiger partial charge on any atom is 0.189 e. The van der Waals surface area contributed by atoms with E-state index in [2.05, 4.69) is 27.0 Å². The van der Waals surface area contributed by atoms with E-state index in [1.54, 1.807) is 0 Å². The molecule has 0 atom stereocenters. The molecule has 1 aliphatic heterocycles. The summed E-state index contributed by atoms with van der Waals surface area (Å²) in [4.78, 5) is 0. The fraction of sp³-hybridized carbons (Fsp3) is 0.800. The van der Waals surface area contributed by atoms with Crippen molar-refractivity contribution in [2.75, 3.05) is 40.1 Å². The van der Waals surface area contributed by atoms with E-state index >= 15 is 0 Å². The molecule has 1 fully saturated rings. The predicted molar refractivity (Wildman–Crippen MR) is 52.1 cm³/mol. The summed E-state index contributed by atoms with van der Waals surface area (Å²) in [5.74, 6) is 0.992. The van der Waals surface area contributed by atoms with E-state index in [0.29, 0.717) is 13.4 Å². The van der Waals surface area contributed by atoms with Gasteiger partial charge in [-0.1, -0.05) is 0 Å². The number of hydrogen-bond donors (Lipinski definition) is 0. The highest BCUT2D eigenvalue weighted by atomic mass is 16.7. The predicted octanol–water partition coefficient (Wildman–Crippen LogP) is 1.36. The highest BCUT2D eigenvalue weighted by Crippen LogP contribution is 2.09. The molecule has 0 radical (unpaired) electrons. The molecule has 0 spiro atoms. The lowest BCUT2D eigenvalue weighted by molar-refractivity contribution is -0.900. The molecule has 76 valence electrons. The van der Waals surface area contributed by atoms with Gasteiger partial charge in [0.25, 0.3) is 0 Å². The quantitative estimate of drug-likeness (QED) is 0.617. The second-order valence-electron chi connectivity index (χ2n) is 3.72. The SMILES string of the molecule is CC[N+](C)(CC)C/C=C1\COCO1. The summed E-state index contributed by atoms with van der Waals surface area (Å²) in [5.41, 5.74) is 0. The van der Waals surface area contributed by atoms with Crippen LogP contribution in [0, 0.1) is 0 Å². The Morgan fingerprint density at radius 3 is 2.54 bits per heavy atom. The average Bonchev–Trinajstić information content (AvgIpc) is 2.67. The summed E-state index contributed by atoms with van der Waals surface area (Å²) >= 11 is 0. The van der Waals surface area contributed by atoms with E-state index in [0.717, 1.165) is 29.9 Å². The van der Waals surface area contributed by atoms with Gasteiger partial charge in [-0.25, -0.2) is 0 Å². The maximum atomic E-state index is 5.27. The van der Waals surface area contributed by atoms with Crippen LogP contribution in [0.2, 0.25) is 0 Å². The zero-order chi connectivity index (χ0) is 9.73. The summed E-state index contributed by atoms with van der Waals surface area (Å²) in [5, 5.41) is 0. The highest BCUT2D eigenvalue weighted by Gasteiger charge is 2.16. The van der Waals surface area contributed by atoms with Gasteiger partial charge in [-0.2, -0.15) is 0 Å². The molecule has 0 aromatic carbocycles. The van der Waals surface area contributed by atoms with Crippen molar-refractivity contribution in [3.05, 3.63) is 11.8 Å². The molecule has 0 amide bonds. The Hall–Kier alpha value is -0.540. The van der Waals surface area contributed by atoms with Gasteiger partial charge >= 0.3 is 0 Å². The maximum absolute atomic E-state index is 5.27. The molecule has 13 heavy (non-hydrogen) atoms. The first-order valence-electron chi connectivity index (χ1n) is 4.93. The first-order valence-corrected chi connectivity index (χ1v) is 4.93. The Bertz CT molecular complexity index is 177. The van der Waals surface area contributed by atoms with E-state index in [1.165, 1.54) is 0 Å². The van der Waals surface area contributed by atoms with Crippen molar-refractivity contribution < 1.29 is 14.0 Å². The minimum atomic E-state index is 0.424. The number of ether oxygens (including phenoxy) is 2. The number of likely N-dealkylation sites (N-methyl/N-ethyl adjacent to an activating group) is 1. The number of quaternary nitrogens is 1. The van der Waals surface area contributed by atoms with Crippen LogP contribution in [0.4, 0.5) is 0 Å². The van der Waals surface area contributed by atoms with Gasteiger partial charge < -0.3 is 14.0 Å². The van der Waals surface area contributed by atoms with Crippen LogP contribution < -0.4 is 0 Å². The van der Waals surface area contributed by atoms with Crippen molar-refractivity contribution in [1.82, 2.24) is 0 Å². The first kappa shape index (κ1) is 10.5. The molecule has 0 saturated carbocycles. The minimum Gasteiger partial charge on any atom is -0.470 e. The lowest BCUT2D eigenvalue weighted by Gasteiger charge is -2.30. The molecule has 0 bridgehead atoms. The molecule has 0 aliphatic carbocycles. The van der Waals surface area contributed by atoms with E-state index in [-0.39, 0.29) is 0 Å². The molecule has 3 heteroatoms. The van der Waals surface area contributed by atoms with Gasteiger partial charge in [-0.05, 0) is 13.8 Å². The van der Waals surface area contributed by atoms with E-state index in [1.807, 2.05) is 0 Å². The van der Waals surface area contributed by atoms with E-state index in [4.69, 9.17) is 9.47 Å². The molecule has 0 N–H and O–H groups in total. The molecule has 0 aromatic rings.